The van der Waals surface area contributed by atoms with Gasteiger partial charge in [-0.1, -0.05) is 30.3 Å². The van der Waals surface area contributed by atoms with E-state index < -0.39 is 30.6 Å². The van der Waals surface area contributed by atoms with Crippen molar-refractivity contribution in [3.05, 3.63) is 102 Å². The molecule has 2 aromatic carbocycles. The number of hydrogen-bond donors (Lipinski definition) is 2. The van der Waals surface area contributed by atoms with Gasteiger partial charge in [0.1, 0.15) is 35.4 Å². The lowest BCUT2D eigenvalue weighted by Gasteiger charge is -2.27. The van der Waals surface area contributed by atoms with Crippen LogP contribution in [0.4, 0.5) is 4.79 Å². The molecule has 2 N–H and O–H groups in total. The number of furan rings is 1. The number of carbonyl (C=O) groups is 3. The van der Waals surface area contributed by atoms with Gasteiger partial charge in [0.15, 0.2) is 0 Å². The normalized spacial score (nSPS) is 14.8. The maximum atomic E-state index is 13.5. The Morgan fingerprint density at radius 2 is 1.85 bits per heavy atom. The molecular formula is C29H26N4O7. The average molecular weight is 543 g/mol. The highest BCUT2D eigenvalue weighted by molar-refractivity contribution is 5.97. The van der Waals surface area contributed by atoms with Gasteiger partial charge in [-0.15, -0.1) is 0 Å². The van der Waals surface area contributed by atoms with Gasteiger partial charge < -0.3 is 29.3 Å². The van der Waals surface area contributed by atoms with E-state index in [2.05, 4.69) is 15.7 Å². The molecule has 11 heteroatoms. The molecule has 0 fully saturated rings. The van der Waals surface area contributed by atoms with E-state index in [-0.39, 0.29) is 23.4 Å². The summed E-state index contributed by atoms with van der Waals surface area (Å²) in [5, 5.41) is 9.87. The Kier molecular flexibility index (Phi) is 7.63. The number of esters is 2. The Morgan fingerprint density at radius 1 is 1.02 bits per heavy atom. The van der Waals surface area contributed by atoms with Gasteiger partial charge >= 0.3 is 18.0 Å². The van der Waals surface area contributed by atoms with Gasteiger partial charge in [-0.2, -0.15) is 5.10 Å². The number of nitrogens with zero attached hydrogens (tertiary/aromatic N) is 2. The molecule has 40 heavy (non-hydrogen) atoms. The quantitative estimate of drug-likeness (QED) is 0.301. The third-order valence-corrected chi connectivity index (χ3v) is 6.12. The lowest BCUT2D eigenvalue weighted by atomic mass is 10.0. The number of rotatable bonds is 9. The molecule has 0 unspecified atom stereocenters. The van der Waals surface area contributed by atoms with Crippen molar-refractivity contribution in [1.82, 2.24) is 20.4 Å². The second-order valence-electron chi connectivity index (χ2n) is 8.64. The van der Waals surface area contributed by atoms with E-state index in [1.54, 1.807) is 61.3 Å². The number of nitrogens with one attached hydrogen (secondary N) is 2. The first-order valence-electron chi connectivity index (χ1n) is 12.5. The summed E-state index contributed by atoms with van der Waals surface area (Å²) in [6.07, 6.45) is 3.00. The van der Waals surface area contributed by atoms with Crippen LogP contribution in [0.15, 0.2) is 94.9 Å². The number of urea groups is 1. The third kappa shape index (κ3) is 5.44. The van der Waals surface area contributed by atoms with Crippen LogP contribution in [0.2, 0.25) is 0 Å². The molecule has 0 spiro atoms. The number of amides is 2. The number of aromatic nitrogens is 2. The lowest BCUT2D eigenvalue weighted by molar-refractivity contribution is -0.139. The van der Waals surface area contributed by atoms with Crippen LogP contribution >= 0.6 is 0 Å². The molecule has 4 aromatic rings. The lowest BCUT2D eigenvalue weighted by Crippen LogP contribution is -2.47. The minimum Gasteiger partial charge on any atom is -0.497 e. The van der Waals surface area contributed by atoms with E-state index >= 15 is 0 Å². The summed E-state index contributed by atoms with van der Waals surface area (Å²) >= 11 is 0. The van der Waals surface area contributed by atoms with Crippen LogP contribution in [0.5, 0.6) is 5.75 Å². The number of ether oxygens (including phenoxy) is 3. The van der Waals surface area contributed by atoms with E-state index in [9.17, 15) is 14.4 Å². The summed E-state index contributed by atoms with van der Waals surface area (Å²) in [4.78, 5) is 38.9. The van der Waals surface area contributed by atoms with E-state index in [4.69, 9.17) is 18.6 Å². The predicted molar refractivity (Wildman–Crippen MR) is 143 cm³/mol. The van der Waals surface area contributed by atoms with Crippen molar-refractivity contribution >= 4 is 18.0 Å². The predicted octanol–water partition coefficient (Wildman–Crippen LogP) is 4.17. The van der Waals surface area contributed by atoms with Crippen molar-refractivity contribution in [2.45, 2.75) is 13.0 Å². The van der Waals surface area contributed by atoms with Gasteiger partial charge in [0, 0.05) is 11.8 Å². The first-order valence-corrected chi connectivity index (χ1v) is 12.5. The Labute approximate surface area is 229 Å². The number of benzene rings is 2. The standard InChI is InChI=1S/C29H26N4O7/c1-3-38-28(35)24-22(30-29(36)31-26(24)23-13-8-14-39-23)17-40-27(34)21-16-33(19-10-5-4-6-11-19)32-25(21)18-9-7-12-20(15-18)37-2/h4-16,26H,3,17H2,1-2H3,(H2,30,31,36)/t26-/m0/s1. The second kappa shape index (κ2) is 11.6. The van der Waals surface area contributed by atoms with Crippen molar-refractivity contribution in [2.24, 2.45) is 0 Å². The fraction of sp³-hybridized carbons (Fsp3) is 0.172. The summed E-state index contributed by atoms with van der Waals surface area (Å²) in [6.45, 7) is 1.36. The molecule has 0 saturated carbocycles. The zero-order valence-electron chi connectivity index (χ0n) is 21.7. The van der Waals surface area contributed by atoms with Gasteiger partial charge in [0.25, 0.3) is 0 Å². The molecular weight excluding hydrogens is 516 g/mol. The van der Waals surface area contributed by atoms with Crippen LogP contribution in [0, 0.1) is 0 Å². The maximum Gasteiger partial charge on any atom is 0.342 e. The fourth-order valence-corrected chi connectivity index (χ4v) is 4.29. The van der Waals surface area contributed by atoms with Crippen molar-refractivity contribution in [3.63, 3.8) is 0 Å². The van der Waals surface area contributed by atoms with E-state index in [1.165, 1.54) is 6.26 Å². The molecule has 0 radical (unpaired) electrons. The third-order valence-electron chi connectivity index (χ3n) is 6.12. The van der Waals surface area contributed by atoms with Crippen LogP contribution in [-0.2, 0) is 14.3 Å². The van der Waals surface area contributed by atoms with Gasteiger partial charge in [0.2, 0.25) is 0 Å². The largest absolute Gasteiger partial charge is 0.497 e. The van der Waals surface area contributed by atoms with Gasteiger partial charge in [-0.05, 0) is 43.3 Å². The minimum absolute atomic E-state index is 0.0669. The van der Waals surface area contributed by atoms with Crippen LogP contribution in [0.25, 0.3) is 16.9 Å². The van der Waals surface area contributed by atoms with Gasteiger partial charge in [0.05, 0.1) is 36.9 Å². The summed E-state index contributed by atoms with van der Waals surface area (Å²) in [6, 6.07) is 18.2. The molecule has 0 bridgehead atoms. The number of carbonyl (C=O) groups excluding carboxylic acids is 3. The molecule has 1 aliphatic rings. The second-order valence-corrected chi connectivity index (χ2v) is 8.64. The molecule has 3 heterocycles. The number of hydrogen-bond acceptors (Lipinski definition) is 8. The minimum atomic E-state index is -0.926. The summed E-state index contributed by atoms with van der Waals surface area (Å²) in [5.41, 5.74) is 2.08. The summed E-state index contributed by atoms with van der Waals surface area (Å²) in [5.74, 6) is -0.475. The maximum absolute atomic E-state index is 13.5. The topological polar surface area (TPSA) is 134 Å². The molecule has 11 nitrogen and oxygen atoms in total. The number of para-hydroxylation sites is 1. The van der Waals surface area contributed by atoms with Crippen molar-refractivity contribution in [2.75, 3.05) is 20.3 Å². The first-order chi connectivity index (χ1) is 19.5. The Morgan fingerprint density at radius 3 is 2.58 bits per heavy atom. The molecule has 0 aliphatic carbocycles. The average Bonchev–Trinajstić information content (AvgIpc) is 3.67. The van der Waals surface area contributed by atoms with E-state index in [0.717, 1.165) is 5.69 Å². The fourth-order valence-electron chi connectivity index (χ4n) is 4.29. The molecule has 2 amide bonds. The molecule has 204 valence electrons. The summed E-state index contributed by atoms with van der Waals surface area (Å²) < 4.78 is 23.2. The monoisotopic (exact) mass is 542 g/mol. The van der Waals surface area contributed by atoms with Crippen molar-refractivity contribution in [1.29, 1.82) is 0 Å². The zero-order chi connectivity index (χ0) is 28.1. The van der Waals surface area contributed by atoms with Crippen LogP contribution in [-0.4, -0.2) is 48.1 Å². The molecule has 1 atom stereocenters. The highest BCUT2D eigenvalue weighted by Crippen LogP contribution is 2.30. The Bertz CT molecular complexity index is 1560. The van der Waals surface area contributed by atoms with Crippen molar-refractivity contribution in [3.8, 4) is 22.7 Å². The van der Waals surface area contributed by atoms with E-state index in [1.807, 2.05) is 30.3 Å². The highest BCUT2D eigenvalue weighted by Gasteiger charge is 2.36. The van der Waals surface area contributed by atoms with Crippen LogP contribution in [0.1, 0.15) is 29.1 Å². The Balaban J connectivity index is 1.50. The summed E-state index contributed by atoms with van der Waals surface area (Å²) in [7, 11) is 1.55. The molecule has 5 rings (SSSR count). The molecule has 1 aliphatic heterocycles. The van der Waals surface area contributed by atoms with Crippen LogP contribution < -0.4 is 15.4 Å². The highest BCUT2D eigenvalue weighted by atomic mass is 16.5. The van der Waals surface area contributed by atoms with Gasteiger partial charge in [-0.3, -0.25) is 0 Å². The SMILES string of the molecule is CCOC(=O)C1=C(COC(=O)c2cn(-c3ccccc3)nc2-c2cccc(OC)c2)NC(=O)N[C@H]1c1ccco1. The smallest absolute Gasteiger partial charge is 0.342 e. The first kappa shape index (κ1) is 26.3. The van der Waals surface area contributed by atoms with E-state index in [0.29, 0.717) is 22.8 Å². The number of methoxy groups -OCH3 is 1. The zero-order valence-corrected chi connectivity index (χ0v) is 21.7. The molecule has 2 aromatic heterocycles. The van der Waals surface area contributed by atoms with Crippen molar-refractivity contribution < 1.29 is 33.0 Å². The van der Waals surface area contributed by atoms with Crippen LogP contribution in [0.3, 0.4) is 0 Å². The molecule has 0 saturated heterocycles. The van der Waals surface area contributed by atoms with Gasteiger partial charge in [-0.25, -0.2) is 19.1 Å². The Hall–Kier alpha value is -5.32.